The summed E-state index contributed by atoms with van der Waals surface area (Å²) in [6.45, 7) is 0. The second-order valence-electron chi connectivity index (χ2n) is 5.34. The van der Waals surface area contributed by atoms with Gasteiger partial charge in [-0.15, -0.1) is 9.42 Å². The predicted octanol–water partition coefficient (Wildman–Crippen LogP) is 2.95. The first-order chi connectivity index (χ1) is 11.4. The summed E-state index contributed by atoms with van der Waals surface area (Å²) in [6, 6.07) is 12.2. The Kier molecular flexibility index (Phi) is 5.01. The van der Waals surface area contributed by atoms with E-state index in [1.54, 1.807) is 12.1 Å². The lowest BCUT2D eigenvalue weighted by molar-refractivity contribution is 0.167. The van der Waals surface area contributed by atoms with Crippen molar-refractivity contribution >= 4 is 29.9 Å². The van der Waals surface area contributed by atoms with Crippen LogP contribution in [0.4, 0.5) is 0 Å². The van der Waals surface area contributed by atoms with E-state index in [0.29, 0.717) is 11.4 Å². The van der Waals surface area contributed by atoms with Crippen molar-refractivity contribution in [1.29, 1.82) is 0 Å². The molecule has 0 aromatic heterocycles. The SMILES string of the molecule is O=[P+](O)O[C@@H]1Cc2ccccc2[C@@H]1NS(=O)(=O)c1ccc(Cl)cc1. The van der Waals surface area contributed by atoms with Crippen LogP contribution in [-0.4, -0.2) is 19.4 Å². The molecule has 3 atom stereocenters. The molecule has 9 heteroatoms. The van der Waals surface area contributed by atoms with Gasteiger partial charge in [-0.3, -0.25) is 0 Å². The van der Waals surface area contributed by atoms with Crippen LogP contribution in [0, 0.1) is 0 Å². The van der Waals surface area contributed by atoms with Gasteiger partial charge in [-0.05, 0) is 35.4 Å². The zero-order valence-corrected chi connectivity index (χ0v) is 14.8. The van der Waals surface area contributed by atoms with Crippen LogP contribution in [-0.2, 0) is 25.5 Å². The first-order valence-electron chi connectivity index (χ1n) is 7.05. The molecule has 3 rings (SSSR count). The van der Waals surface area contributed by atoms with Gasteiger partial charge in [-0.2, -0.15) is 0 Å². The van der Waals surface area contributed by atoms with Gasteiger partial charge in [-0.1, -0.05) is 35.9 Å². The number of fused-ring (bicyclic) bond motifs is 1. The Balaban J connectivity index is 1.93. The lowest BCUT2D eigenvalue weighted by Gasteiger charge is -2.18. The molecule has 2 N–H and O–H groups in total. The third kappa shape index (κ3) is 3.67. The van der Waals surface area contributed by atoms with Crippen LogP contribution in [0.5, 0.6) is 0 Å². The molecule has 2 aromatic rings. The highest BCUT2D eigenvalue weighted by Gasteiger charge is 2.41. The largest absolute Gasteiger partial charge is 0.695 e. The first kappa shape index (κ1) is 17.5. The van der Waals surface area contributed by atoms with E-state index in [1.165, 1.54) is 24.3 Å². The monoisotopic (exact) mass is 386 g/mol. The molecule has 24 heavy (non-hydrogen) atoms. The van der Waals surface area contributed by atoms with Crippen molar-refractivity contribution in [2.75, 3.05) is 0 Å². The smallest absolute Gasteiger partial charge is 0.207 e. The molecular formula is C15H14ClNO5PS+. The number of hydrogen-bond donors (Lipinski definition) is 2. The molecule has 0 fully saturated rings. The Morgan fingerprint density at radius 2 is 1.83 bits per heavy atom. The fourth-order valence-electron chi connectivity index (χ4n) is 2.76. The van der Waals surface area contributed by atoms with Gasteiger partial charge in [0.15, 0.2) is 0 Å². The normalized spacial score (nSPS) is 20.7. The van der Waals surface area contributed by atoms with Crippen molar-refractivity contribution in [1.82, 2.24) is 4.72 Å². The third-order valence-corrected chi connectivity index (χ3v) is 5.97. The van der Waals surface area contributed by atoms with Crippen LogP contribution in [0.1, 0.15) is 17.2 Å². The van der Waals surface area contributed by atoms with Gasteiger partial charge in [0, 0.05) is 16.0 Å². The maximum atomic E-state index is 12.6. The van der Waals surface area contributed by atoms with Crippen molar-refractivity contribution in [3.63, 3.8) is 0 Å². The molecule has 0 radical (unpaired) electrons. The van der Waals surface area contributed by atoms with Crippen molar-refractivity contribution in [2.24, 2.45) is 0 Å². The van der Waals surface area contributed by atoms with Gasteiger partial charge in [0.25, 0.3) is 0 Å². The van der Waals surface area contributed by atoms with Gasteiger partial charge in [0.2, 0.25) is 10.0 Å². The van der Waals surface area contributed by atoms with Gasteiger partial charge in [0.05, 0.1) is 10.9 Å². The molecule has 126 valence electrons. The lowest BCUT2D eigenvalue weighted by Crippen LogP contribution is -2.34. The standard InChI is InChI=1S/C15H13ClNO5PS/c16-11-5-7-12(8-6-11)24(20,21)17-15-13-4-2-1-3-10(13)9-14(15)22-23(18)19/h1-8,14-15,17H,9H2/p+1/t14-,15+/m1/s1. The molecule has 0 saturated carbocycles. The molecule has 0 amide bonds. The zero-order chi connectivity index (χ0) is 17.3. The second kappa shape index (κ2) is 6.88. The number of halogens is 1. The molecule has 1 unspecified atom stereocenters. The van der Waals surface area contributed by atoms with Crippen molar-refractivity contribution in [3.8, 4) is 0 Å². The number of rotatable bonds is 5. The number of hydrogen-bond acceptors (Lipinski definition) is 4. The maximum Gasteiger partial charge on any atom is 0.695 e. The number of sulfonamides is 1. The van der Waals surface area contributed by atoms with Gasteiger partial charge < -0.3 is 0 Å². The maximum absolute atomic E-state index is 12.6. The van der Waals surface area contributed by atoms with E-state index in [1.807, 2.05) is 12.1 Å². The highest BCUT2D eigenvalue weighted by Crippen LogP contribution is 2.38. The Labute approximate surface area is 145 Å². The van der Waals surface area contributed by atoms with Crippen molar-refractivity contribution in [2.45, 2.75) is 23.5 Å². The van der Waals surface area contributed by atoms with E-state index in [-0.39, 0.29) is 4.90 Å². The minimum Gasteiger partial charge on any atom is -0.207 e. The minimum absolute atomic E-state index is 0.0587. The molecular weight excluding hydrogens is 373 g/mol. The molecule has 6 nitrogen and oxygen atoms in total. The van der Waals surface area contributed by atoms with Gasteiger partial charge in [-0.25, -0.2) is 13.1 Å². The summed E-state index contributed by atoms with van der Waals surface area (Å²) in [5.41, 5.74) is 1.61. The van der Waals surface area contributed by atoms with Crippen LogP contribution in [0.25, 0.3) is 0 Å². The van der Waals surface area contributed by atoms with Crippen LogP contribution in [0.3, 0.4) is 0 Å². The zero-order valence-electron chi connectivity index (χ0n) is 12.3. The molecule has 0 aliphatic heterocycles. The lowest BCUT2D eigenvalue weighted by atomic mass is 10.1. The van der Waals surface area contributed by atoms with Gasteiger partial charge in [0.1, 0.15) is 6.10 Å². The quantitative estimate of drug-likeness (QED) is 0.771. The Morgan fingerprint density at radius 3 is 2.50 bits per heavy atom. The summed E-state index contributed by atoms with van der Waals surface area (Å²) in [7, 11) is -6.68. The average molecular weight is 387 g/mol. The van der Waals surface area contributed by atoms with E-state index in [0.717, 1.165) is 11.1 Å². The van der Waals surface area contributed by atoms with Gasteiger partial charge >= 0.3 is 8.25 Å². The fourth-order valence-corrected chi connectivity index (χ4v) is 4.56. The summed E-state index contributed by atoms with van der Waals surface area (Å²) in [5.74, 6) is 0. The topological polar surface area (TPSA) is 92.7 Å². The molecule has 0 bridgehead atoms. The van der Waals surface area contributed by atoms with Crippen molar-refractivity contribution < 1.29 is 22.4 Å². The van der Waals surface area contributed by atoms with E-state index in [9.17, 15) is 13.0 Å². The second-order valence-corrected chi connectivity index (χ2v) is 8.17. The predicted molar refractivity (Wildman–Crippen MR) is 89.4 cm³/mol. The highest BCUT2D eigenvalue weighted by atomic mass is 35.5. The Hall–Kier alpha value is -1.34. The van der Waals surface area contributed by atoms with Crippen LogP contribution in [0.15, 0.2) is 53.4 Å². The third-order valence-electron chi connectivity index (χ3n) is 3.81. The molecule has 0 heterocycles. The fraction of sp³-hybridized carbons (Fsp3) is 0.200. The molecule has 0 saturated heterocycles. The molecule has 1 aliphatic rings. The van der Waals surface area contributed by atoms with Crippen molar-refractivity contribution in [3.05, 3.63) is 64.7 Å². The average Bonchev–Trinajstić information content (AvgIpc) is 2.84. The number of benzene rings is 2. The van der Waals surface area contributed by atoms with Crippen LogP contribution >= 0.6 is 19.9 Å². The number of nitrogens with one attached hydrogen (secondary N) is 1. The van der Waals surface area contributed by atoms with E-state index in [4.69, 9.17) is 21.0 Å². The summed E-state index contributed by atoms with van der Waals surface area (Å²) in [6.07, 6.45) is -0.399. The Bertz CT molecular complexity index is 872. The minimum atomic E-state index is -3.84. The molecule has 0 spiro atoms. The Morgan fingerprint density at radius 1 is 1.17 bits per heavy atom. The van der Waals surface area contributed by atoms with E-state index < -0.39 is 30.4 Å². The van der Waals surface area contributed by atoms with Crippen LogP contribution < -0.4 is 4.72 Å². The summed E-state index contributed by atoms with van der Waals surface area (Å²) >= 11 is 5.78. The summed E-state index contributed by atoms with van der Waals surface area (Å²) < 4.78 is 43.8. The summed E-state index contributed by atoms with van der Waals surface area (Å²) in [4.78, 5) is 9.11. The summed E-state index contributed by atoms with van der Waals surface area (Å²) in [5, 5.41) is 0.429. The van der Waals surface area contributed by atoms with E-state index in [2.05, 4.69) is 4.72 Å². The highest BCUT2D eigenvalue weighted by molar-refractivity contribution is 7.89. The molecule has 1 aliphatic carbocycles. The van der Waals surface area contributed by atoms with E-state index >= 15 is 0 Å². The first-order valence-corrected chi connectivity index (χ1v) is 10.0. The molecule has 2 aromatic carbocycles. The van der Waals surface area contributed by atoms with Crippen LogP contribution in [0.2, 0.25) is 5.02 Å².